The average molecular weight is 263 g/mol. The van der Waals surface area contributed by atoms with Crippen molar-refractivity contribution in [1.82, 2.24) is 14.9 Å². The Hall–Kier alpha value is -1.36. The van der Waals surface area contributed by atoms with Crippen LogP contribution in [-0.2, 0) is 0 Å². The second-order valence-electron chi connectivity index (χ2n) is 5.77. The van der Waals surface area contributed by atoms with Gasteiger partial charge in [0.25, 0.3) is 0 Å². The Morgan fingerprint density at radius 1 is 1.05 bits per heavy atom. The van der Waals surface area contributed by atoms with E-state index in [2.05, 4.69) is 47.5 Å². The quantitative estimate of drug-likeness (QED) is 0.899. The summed E-state index contributed by atoms with van der Waals surface area (Å²) in [6.07, 6.45) is 1.57. The van der Waals surface area contributed by atoms with Crippen molar-refractivity contribution >= 4 is 11.6 Å². The lowest BCUT2D eigenvalue weighted by atomic mass is 10.0. The van der Waals surface area contributed by atoms with Gasteiger partial charge in [-0.3, -0.25) is 4.90 Å². The predicted molar refractivity (Wildman–Crippen MR) is 79.5 cm³/mol. The van der Waals surface area contributed by atoms with Crippen molar-refractivity contribution in [3.05, 3.63) is 11.9 Å². The first-order chi connectivity index (χ1) is 9.00. The van der Waals surface area contributed by atoms with Crippen molar-refractivity contribution in [3.63, 3.8) is 0 Å². The molecule has 5 nitrogen and oxygen atoms in total. The average Bonchev–Trinajstić information content (AvgIpc) is 2.38. The third-order valence-electron chi connectivity index (χ3n) is 3.82. The zero-order valence-corrected chi connectivity index (χ0v) is 12.4. The van der Waals surface area contributed by atoms with Crippen LogP contribution in [0, 0.1) is 0 Å². The summed E-state index contributed by atoms with van der Waals surface area (Å²) in [5.41, 5.74) is 7.10. The lowest BCUT2D eigenvalue weighted by Crippen LogP contribution is -2.49. The van der Waals surface area contributed by atoms with E-state index < -0.39 is 0 Å². The molecule has 0 radical (unpaired) electrons. The Morgan fingerprint density at radius 2 is 1.68 bits per heavy atom. The Balaban J connectivity index is 2.18. The van der Waals surface area contributed by atoms with E-state index in [9.17, 15) is 0 Å². The van der Waals surface area contributed by atoms with Gasteiger partial charge in [-0.25, -0.2) is 9.97 Å². The fourth-order valence-electron chi connectivity index (χ4n) is 2.66. The maximum Gasteiger partial charge on any atom is 0.137 e. The van der Waals surface area contributed by atoms with Gasteiger partial charge in [0, 0.05) is 37.8 Å². The van der Waals surface area contributed by atoms with Gasteiger partial charge in [-0.05, 0) is 19.8 Å². The van der Waals surface area contributed by atoms with E-state index in [1.165, 1.54) is 0 Å². The first-order valence-corrected chi connectivity index (χ1v) is 7.10. The zero-order chi connectivity index (χ0) is 14.0. The molecule has 106 valence electrons. The number of hydrogen-bond donors (Lipinski definition) is 1. The predicted octanol–water partition coefficient (Wildman–Crippen LogP) is 1.71. The molecule has 1 aromatic rings. The Labute approximate surface area is 115 Å². The number of hydrogen-bond acceptors (Lipinski definition) is 5. The molecular formula is C14H25N5. The molecule has 1 fully saturated rings. The lowest BCUT2D eigenvalue weighted by Gasteiger charge is -2.38. The van der Waals surface area contributed by atoms with Crippen LogP contribution >= 0.6 is 0 Å². The molecule has 19 heavy (non-hydrogen) atoms. The summed E-state index contributed by atoms with van der Waals surface area (Å²) >= 11 is 0. The van der Waals surface area contributed by atoms with Crippen LogP contribution in [0.5, 0.6) is 0 Å². The SMILES string of the molecule is CC(C)c1c(N)ncnc1N1CCN(C(C)C)CC1. The first kappa shape index (κ1) is 14.1. The van der Waals surface area contributed by atoms with E-state index in [1.54, 1.807) is 6.33 Å². The number of rotatable bonds is 3. The van der Waals surface area contributed by atoms with Crippen molar-refractivity contribution < 1.29 is 0 Å². The minimum Gasteiger partial charge on any atom is -0.383 e. The van der Waals surface area contributed by atoms with Crippen molar-refractivity contribution in [2.75, 3.05) is 36.8 Å². The Bertz CT molecular complexity index is 422. The van der Waals surface area contributed by atoms with Gasteiger partial charge in [-0.1, -0.05) is 13.8 Å². The second-order valence-corrected chi connectivity index (χ2v) is 5.77. The number of piperazine rings is 1. The highest BCUT2D eigenvalue weighted by atomic mass is 15.3. The van der Waals surface area contributed by atoms with Gasteiger partial charge in [0.2, 0.25) is 0 Å². The van der Waals surface area contributed by atoms with Crippen molar-refractivity contribution in [2.45, 2.75) is 39.7 Å². The molecule has 0 unspecified atom stereocenters. The lowest BCUT2D eigenvalue weighted by molar-refractivity contribution is 0.209. The molecule has 2 rings (SSSR count). The number of nitrogens with zero attached hydrogens (tertiary/aromatic N) is 4. The topological polar surface area (TPSA) is 58.3 Å². The summed E-state index contributed by atoms with van der Waals surface area (Å²) in [4.78, 5) is 13.4. The van der Waals surface area contributed by atoms with Crippen LogP contribution in [0.2, 0.25) is 0 Å². The van der Waals surface area contributed by atoms with Gasteiger partial charge in [0.1, 0.15) is 18.0 Å². The van der Waals surface area contributed by atoms with Crippen LogP contribution in [0.3, 0.4) is 0 Å². The molecule has 1 aliphatic heterocycles. The maximum atomic E-state index is 6.02. The zero-order valence-electron chi connectivity index (χ0n) is 12.4. The molecule has 0 aromatic carbocycles. The van der Waals surface area contributed by atoms with E-state index in [4.69, 9.17) is 5.73 Å². The molecule has 0 bridgehead atoms. The molecule has 5 heteroatoms. The third-order valence-corrected chi connectivity index (χ3v) is 3.82. The molecule has 1 aromatic heterocycles. The molecule has 2 heterocycles. The minimum atomic E-state index is 0.347. The minimum absolute atomic E-state index is 0.347. The molecule has 0 saturated carbocycles. The highest BCUT2D eigenvalue weighted by Gasteiger charge is 2.23. The standard InChI is InChI=1S/C14H25N5/c1-10(2)12-13(15)16-9-17-14(12)19-7-5-18(6-8-19)11(3)4/h9-11H,5-8H2,1-4H3,(H2,15,16,17). The van der Waals surface area contributed by atoms with Gasteiger partial charge in [0.05, 0.1) is 0 Å². The largest absolute Gasteiger partial charge is 0.383 e. The summed E-state index contributed by atoms with van der Waals surface area (Å²) in [7, 11) is 0. The summed E-state index contributed by atoms with van der Waals surface area (Å²) in [5.74, 6) is 1.98. The van der Waals surface area contributed by atoms with Crippen LogP contribution in [0.1, 0.15) is 39.2 Å². The number of nitrogens with two attached hydrogens (primary N) is 1. The highest BCUT2D eigenvalue weighted by molar-refractivity contribution is 5.58. The molecule has 0 aliphatic carbocycles. The first-order valence-electron chi connectivity index (χ1n) is 7.10. The van der Waals surface area contributed by atoms with E-state index in [0.29, 0.717) is 17.8 Å². The summed E-state index contributed by atoms with van der Waals surface area (Å²) in [6, 6.07) is 0.613. The number of nitrogen functional groups attached to an aromatic ring is 1. The molecule has 0 atom stereocenters. The van der Waals surface area contributed by atoms with Gasteiger partial charge in [-0.2, -0.15) is 0 Å². The van der Waals surface area contributed by atoms with Crippen LogP contribution in [-0.4, -0.2) is 47.1 Å². The van der Waals surface area contributed by atoms with Crippen LogP contribution < -0.4 is 10.6 Å². The molecule has 2 N–H and O–H groups in total. The second kappa shape index (κ2) is 5.74. The summed E-state index contributed by atoms with van der Waals surface area (Å²) in [6.45, 7) is 13.0. The molecule has 0 amide bonds. The Morgan fingerprint density at radius 3 is 2.21 bits per heavy atom. The fraction of sp³-hybridized carbons (Fsp3) is 0.714. The maximum absolute atomic E-state index is 6.02. The molecule has 1 saturated heterocycles. The fourth-order valence-corrected chi connectivity index (χ4v) is 2.66. The van der Waals surface area contributed by atoms with Gasteiger partial charge >= 0.3 is 0 Å². The van der Waals surface area contributed by atoms with Crippen molar-refractivity contribution in [2.24, 2.45) is 0 Å². The number of anilines is 2. The van der Waals surface area contributed by atoms with Crippen LogP contribution in [0.25, 0.3) is 0 Å². The van der Waals surface area contributed by atoms with Crippen molar-refractivity contribution in [3.8, 4) is 0 Å². The monoisotopic (exact) mass is 263 g/mol. The highest BCUT2D eigenvalue weighted by Crippen LogP contribution is 2.29. The number of aromatic nitrogens is 2. The van der Waals surface area contributed by atoms with Gasteiger partial charge < -0.3 is 10.6 Å². The van der Waals surface area contributed by atoms with Crippen LogP contribution in [0.15, 0.2) is 6.33 Å². The van der Waals surface area contributed by atoms with E-state index >= 15 is 0 Å². The molecule has 1 aliphatic rings. The Kier molecular flexibility index (Phi) is 4.24. The van der Waals surface area contributed by atoms with E-state index in [0.717, 1.165) is 37.6 Å². The molecule has 0 spiro atoms. The summed E-state index contributed by atoms with van der Waals surface area (Å²) in [5, 5.41) is 0. The van der Waals surface area contributed by atoms with E-state index in [1.807, 2.05) is 0 Å². The summed E-state index contributed by atoms with van der Waals surface area (Å²) < 4.78 is 0. The van der Waals surface area contributed by atoms with Gasteiger partial charge in [0.15, 0.2) is 0 Å². The smallest absolute Gasteiger partial charge is 0.137 e. The van der Waals surface area contributed by atoms with Crippen molar-refractivity contribution in [1.29, 1.82) is 0 Å². The normalized spacial score (nSPS) is 17.5. The third kappa shape index (κ3) is 2.97. The molecular weight excluding hydrogens is 238 g/mol. The van der Waals surface area contributed by atoms with E-state index in [-0.39, 0.29) is 0 Å². The van der Waals surface area contributed by atoms with Crippen LogP contribution in [0.4, 0.5) is 11.6 Å². The van der Waals surface area contributed by atoms with Gasteiger partial charge in [-0.15, -0.1) is 0 Å².